The van der Waals surface area contributed by atoms with E-state index in [1.54, 1.807) is 72.6 Å². The third kappa shape index (κ3) is 3.52. The Bertz CT molecular complexity index is 1390. The molecule has 0 aromatic heterocycles. The maximum atomic E-state index is 13.2. The van der Waals surface area contributed by atoms with Gasteiger partial charge in [0.2, 0.25) is 0 Å². The fourth-order valence-corrected chi connectivity index (χ4v) is 5.60. The first-order valence-corrected chi connectivity index (χ1v) is 11.4. The number of benzene rings is 3. The van der Waals surface area contributed by atoms with Gasteiger partial charge in [-0.1, -0.05) is 54.1 Å². The molecule has 3 aromatic rings. The number of hydrogen-bond acceptors (Lipinski definition) is 6. The van der Waals surface area contributed by atoms with E-state index in [2.05, 4.69) is 11.4 Å². The zero-order chi connectivity index (χ0) is 24.7. The van der Waals surface area contributed by atoms with Crippen LogP contribution in [0.4, 0.5) is 5.69 Å². The van der Waals surface area contributed by atoms with Crippen LogP contribution in [-0.4, -0.2) is 35.4 Å². The largest absolute Gasteiger partial charge is 0.487 e. The van der Waals surface area contributed by atoms with E-state index in [1.807, 2.05) is 6.07 Å². The number of nitriles is 1. The highest BCUT2D eigenvalue weighted by atomic mass is 35.5. The minimum atomic E-state index is -1.41. The minimum Gasteiger partial charge on any atom is -0.487 e. The first-order valence-electron chi connectivity index (χ1n) is 11.0. The summed E-state index contributed by atoms with van der Waals surface area (Å²) >= 11 is 6.52. The predicted octanol–water partition coefficient (Wildman–Crippen LogP) is 4.31. The van der Waals surface area contributed by atoms with Crippen molar-refractivity contribution in [2.75, 3.05) is 18.9 Å². The molecule has 3 atom stereocenters. The monoisotopic (exact) mass is 488 g/mol. The van der Waals surface area contributed by atoms with Crippen molar-refractivity contribution >= 4 is 23.2 Å². The molecule has 1 N–H and O–H groups in total. The number of nitrogens with zero attached hydrogens (tertiary/aromatic N) is 3. The molecule has 2 aliphatic heterocycles. The number of amides is 1. The van der Waals surface area contributed by atoms with Gasteiger partial charge in [0.1, 0.15) is 12.4 Å². The lowest BCUT2D eigenvalue weighted by atomic mass is 9.79. The predicted molar refractivity (Wildman–Crippen MR) is 130 cm³/mol. The lowest BCUT2D eigenvalue weighted by Crippen LogP contribution is -2.54. The fourth-order valence-electron chi connectivity index (χ4n) is 5.36. The lowest BCUT2D eigenvalue weighted by molar-refractivity contribution is -0.534. The fraction of sp³-hybridized carbons (Fsp3) is 0.231. The molecular formula is C26H21ClN4O4. The maximum Gasteiger partial charge on any atom is 0.256 e. The highest BCUT2D eigenvalue weighted by Gasteiger charge is 2.68. The number of hydrogen-bond donors (Lipinski definition) is 1. The smallest absolute Gasteiger partial charge is 0.256 e. The Morgan fingerprint density at radius 3 is 2.71 bits per heavy atom. The van der Waals surface area contributed by atoms with Crippen LogP contribution in [0.1, 0.15) is 28.2 Å². The summed E-state index contributed by atoms with van der Waals surface area (Å²) in [6, 6.07) is 20.3. The average Bonchev–Trinajstić information content (AvgIpc) is 3.33. The van der Waals surface area contributed by atoms with Gasteiger partial charge < -0.3 is 10.1 Å². The van der Waals surface area contributed by atoms with Gasteiger partial charge in [-0.05, 0) is 36.9 Å². The van der Waals surface area contributed by atoms with Gasteiger partial charge in [-0.3, -0.25) is 19.8 Å². The van der Waals surface area contributed by atoms with Crippen LogP contribution in [0, 0.1) is 21.4 Å². The molecular weight excluding hydrogens is 468 g/mol. The molecule has 1 saturated heterocycles. The summed E-state index contributed by atoms with van der Waals surface area (Å²) in [5.74, 6) is -0.559. The quantitative estimate of drug-likeness (QED) is 0.423. The van der Waals surface area contributed by atoms with Gasteiger partial charge in [0, 0.05) is 28.3 Å². The summed E-state index contributed by atoms with van der Waals surface area (Å²) in [6.45, 7) is 0.464. The molecule has 1 amide bonds. The zero-order valence-corrected chi connectivity index (χ0v) is 19.5. The van der Waals surface area contributed by atoms with Gasteiger partial charge in [-0.25, -0.2) is 0 Å². The highest BCUT2D eigenvalue weighted by molar-refractivity contribution is 6.32. The van der Waals surface area contributed by atoms with Crippen LogP contribution >= 0.6 is 11.6 Å². The van der Waals surface area contributed by atoms with Crippen LogP contribution in [0.5, 0.6) is 5.75 Å². The summed E-state index contributed by atoms with van der Waals surface area (Å²) in [5, 5.41) is 24.8. The number of likely N-dealkylation sites (tertiary alicyclic amines) is 1. The maximum absolute atomic E-state index is 13.2. The van der Waals surface area contributed by atoms with Crippen LogP contribution in [0.15, 0.2) is 66.7 Å². The number of nitro groups is 1. The number of likely N-dealkylation sites (N-methyl/N-ethyl adjacent to an activating group) is 1. The lowest BCUT2D eigenvalue weighted by Gasteiger charge is -2.30. The number of halogens is 1. The first kappa shape index (κ1) is 22.8. The van der Waals surface area contributed by atoms with E-state index in [1.165, 1.54) is 0 Å². The number of carbonyl (C=O) groups excluding carboxylic acids is 1. The van der Waals surface area contributed by atoms with Gasteiger partial charge >= 0.3 is 0 Å². The number of anilines is 1. The normalized spacial score (nSPS) is 23.1. The number of para-hydroxylation sites is 1. The number of ether oxygens (including phenoxy) is 1. The van der Waals surface area contributed by atoms with E-state index in [0.29, 0.717) is 39.7 Å². The van der Waals surface area contributed by atoms with Gasteiger partial charge in [0.15, 0.2) is 5.54 Å². The van der Waals surface area contributed by atoms with Crippen molar-refractivity contribution in [3.05, 3.63) is 104 Å². The van der Waals surface area contributed by atoms with Crippen LogP contribution in [0.25, 0.3) is 0 Å². The second kappa shape index (κ2) is 8.69. The topological polar surface area (TPSA) is 108 Å². The van der Waals surface area contributed by atoms with Crippen LogP contribution < -0.4 is 10.1 Å². The third-order valence-corrected chi connectivity index (χ3v) is 7.24. The number of carbonyl (C=O) groups is 1. The van der Waals surface area contributed by atoms with Crippen molar-refractivity contribution in [3.63, 3.8) is 0 Å². The second-order valence-electron chi connectivity index (χ2n) is 8.73. The molecule has 0 radical (unpaired) electrons. The van der Waals surface area contributed by atoms with Gasteiger partial charge in [0.25, 0.3) is 11.9 Å². The standard InChI is InChI=1S/C26H21ClN4O4/c1-30-14-19(24(31(33)34)26(30)20-8-4-5-9-22(20)29-25(26)32)16-10-11-23(21(27)12-16)35-15-18-7-3-2-6-17(18)13-28/h2-12,19,24H,14-15H2,1H3,(H,29,32)/t19-,24-,26-/m1/s1. The van der Waals surface area contributed by atoms with Crippen molar-refractivity contribution in [1.29, 1.82) is 5.26 Å². The average molecular weight is 489 g/mol. The Kier molecular flexibility index (Phi) is 5.67. The Hall–Kier alpha value is -3.93. The zero-order valence-electron chi connectivity index (χ0n) is 18.8. The van der Waals surface area contributed by atoms with E-state index in [-0.39, 0.29) is 11.5 Å². The molecule has 2 aliphatic rings. The van der Waals surface area contributed by atoms with Crippen molar-refractivity contribution < 1.29 is 14.5 Å². The second-order valence-corrected chi connectivity index (χ2v) is 9.14. The molecule has 1 fully saturated rings. The van der Waals surface area contributed by atoms with Crippen molar-refractivity contribution in [1.82, 2.24) is 4.90 Å². The van der Waals surface area contributed by atoms with E-state index >= 15 is 0 Å². The summed E-state index contributed by atoms with van der Waals surface area (Å²) in [5.41, 5.74) is 1.70. The summed E-state index contributed by atoms with van der Waals surface area (Å²) in [7, 11) is 1.74. The summed E-state index contributed by atoms with van der Waals surface area (Å²) < 4.78 is 5.84. The minimum absolute atomic E-state index is 0.159. The van der Waals surface area contributed by atoms with Crippen LogP contribution in [-0.2, 0) is 16.9 Å². The molecule has 3 aromatic carbocycles. The van der Waals surface area contributed by atoms with E-state index in [9.17, 15) is 20.2 Å². The van der Waals surface area contributed by atoms with E-state index in [0.717, 1.165) is 5.56 Å². The highest BCUT2D eigenvalue weighted by Crippen LogP contribution is 2.52. The van der Waals surface area contributed by atoms with Crippen molar-refractivity contribution in [2.45, 2.75) is 24.1 Å². The van der Waals surface area contributed by atoms with Gasteiger partial charge in [-0.15, -0.1) is 0 Å². The Labute approximate surface area is 206 Å². The molecule has 0 unspecified atom stereocenters. The molecule has 5 rings (SSSR count). The Morgan fingerprint density at radius 2 is 1.97 bits per heavy atom. The van der Waals surface area contributed by atoms with Crippen molar-refractivity contribution in [3.8, 4) is 11.8 Å². The molecule has 8 nitrogen and oxygen atoms in total. The van der Waals surface area contributed by atoms with E-state index < -0.39 is 23.4 Å². The van der Waals surface area contributed by atoms with Gasteiger partial charge in [0.05, 0.1) is 22.6 Å². The molecule has 35 heavy (non-hydrogen) atoms. The number of rotatable bonds is 5. The summed E-state index contributed by atoms with van der Waals surface area (Å²) in [6.07, 6.45) is 0. The third-order valence-electron chi connectivity index (χ3n) is 6.95. The molecule has 0 bridgehead atoms. The SMILES string of the molecule is CN1C[C@H](c2ccc(OCc3ccccc3C#N)c(Cl)c2)[C@@H]([N+](=O)[O-])[C@]12C(=O)Nc1ccccc12. The number of fused-ring (bicyclic) bond motifs is 2. The molecule has 0 saturated carbocycles. The Morgan fingerprint density at radius 1 is 1.23 bits per heavy atom. The summed E-state index contributed by atoms with van der Waals surface area (Å²) in [4.78, 5) is 27.1. The molecule has 9 heteroatoms. The van der Waals surface area contributed by atoms with Gasteiger partial charge in [-0.2, -0.15) is 5.26 Å². The van der Waals surface area contributed by atoms with Crippen LogP contribution in [0.3, 0.4) is 0 Å². The molecule has 2 heterocycles. The van der Waals surface area contributed by atoms with Crippen molar-refractivity contribution in [2.24, 2.45) is 0 Å². The Balaban J connectivity index is 1.46. The molecule has 0 aliphatic carbocycles. The molecule has 176 valence electrons. The number of nitrogens with one attached hydrogen (secondary N) is 1. The first-order chi connectivity index (χ1) is 16.9. The van der Waals surface area contributed by atoms with E-state index in [4.69, 9.17) is 16.3 Å². The van der Waals surface area contributed by atoms with Crippen LogP contribution in [0.2, 0.25) is 5.02 Å². The molecule has 1 spiro atoms.